The number of fused-ring (bicyclic) bond motifs is 1. The summed E-state index contributed by atoms with van der Waals surface area (Å²) in [5.74, 6) is -0.201. The molecule has 3 aromatic rings. The molecule has 0 aromatic heterocycles. The van der Waals surface area contributed by atoms with E-state index in [0.29, 0.717) is 10.8 Å². The van der Waals surface area contributed by atoms with Gasteiger partial charge in [0.2, 0.25) is 5.91 Å². The number of carbonyl (C=O) groups excluding carboxylic acids is 2. The van der Waals surface area contributed by atoms with Crippen molar-refractivity contribution in [2.45, 2.75) is 19.4 Å². The zero-order valence-corrected chi connectivity index (χ0v) is 15.5. The summed E-state index contributed by atoms with van der Waals surface area (Å²) < 4.78 is 5.67. The van der Waals surface area contributed by atoms with Crippen LogP contribution in [0.25, 0.3) is 10.8 Å². The lowest BCUT2D eigenvalue weighted by Crippen LogP contribution is -2.47. The first kappa shape index (κ1) is 18.7. The molecule has 5 nitrogen and oxygen atoms in total. The fourth-order valence-electron chi connectivity index (χ4n) is 2.61. The molecule has 2 N–H and O–H groups in total. The zero-order valence-electron chi connectivity index (χ0n) is 14.7. The summed E-state index contributed by atoms with van der Waals surface area (Å²) in [5.41, 5.74) is 5.52. The Hall–Kier alpha value is -3.05. The zero-order chi connectivity index (χ0) is 19.2. The summed E-state index contributed by atoms with van der Waals surface area (Å²) in [4.78, 5) is 24.1. The van der Waals surface area contributed by atoms with Crippen molar-refractivity contribution >= 4 is 34.2 Å². The van der Waals surface area contributed by atoms with Crippen molar-refractivity contribution in [1.29, 1.82) is 0 Å². The van der Waals surface area contributed by atoms with E-state index in [1.807, 2.05) is 42.5 Å². The third kappa shape index (κ3) is 5.21. The van der Waals surface area contributed by atoms with Crippen molar-refractivity contribution in [1.82, 2.24) is 10.9 Å². The van der Waals surface area contributed by atoms with Crippen molar-refractivity contribution in [3.63, 3.8) is 0 Å². The van der Waals surface area contributed by atoms with Crippen LogP contribution >= 0.6 is 11.6 Å². The van der Waals surface area contributed by atoms with Gasteiger partial charge in [0, 0.05) is 5.02 Å². The normalized spacial score (nSPS) is 11.6. The molecule has 0 spiro atoms. The molecule has 1 unspecified atom stereocenters. The first-order chi connectivity index (χ1) is 13.0. The molecule has 0 aliphatic rings. The lowest BCUT2D eigenvalue weighted by molar-refractivity contribution is -0.132. The molecule has 27 heavy (non-hydrogen) atoms. The van der Waals surface area contributed by atoms with E-state index in [9.17, 15) is 9.59 Å². The minimum atomic E-state index is -0.766. The molecule has 0 saturated heterocycles. The highest BCUT2D eigenvalue weighted by molar-refractivity contribution is 6.30. The predicted octanol–water partition coefficient (Wildman–Crippen LogP) is 3.65. The molecule has 1 atom stereocenters. The Kier molecular flexibility index (Phi) is 5.94. The summed E-state index contributed by atoms with van der Waals surface area (Å²) in [6, 6.07) is 20.5. The van der Waals surface area contributed by atoms with E-state index in [-0.39, 0.29) is 12.3 Å². The third-order valence-corrected chi connectivity index (χ3v) is 4.22. The monoisotopic (exact) mass is 382 g/mol. The maximum atomic E-state index is 12.2. The highest BCUT2D eigenvalue weighted by Gasteiger charge is 2.15. The molecule has 0 fully saturated rings. The van der Waals surface area contributed by atoms with Gasteiger partial charge in [-0.15, -0.1) is 0 Å². The number of halogens is 1. The van der Waals surface area contributed by atoms with Gasteiger partial charge in [-0.2, -0.15) is 0 Å². The van der Waals surface area contributed by atoms with Crippen LogP contribution in [-0.2, 0) is 16.0 Å². The molecule has 0 aliphatic heterocycles. The van der Waals surface area contributed by atoms with Crippen molar-refractivity contribution in [3.8, 4) is 5.75 Å². The van der Waals surface area contributed by atoms with E-state index in [0.717, 1.165) is 16.3 Å². The molecule has 0 bridgehead atoms. The smallest absolute Gasteiger partial charge is 0.279 e. The number of hydrogen-bond acceptors (Lipinski definition) is 3. The fourth-order valence-corrected chi connectivity index (χ4v) is 2.82. The molecule has 138 valence electrons. The van der Waals surface area contributed by atoms with Gasteiger partial charge in [-0.05, 0) is 47.5 Å². The average molecular weight is 383 g/mol. The highest BCUT2D eigenvalue weighted by Crippen LogP contribution is 2.21. The molecule has 0 radical (unpaired) electrons. The summed E-state index contributed by atoms with van der Waals surface area (Å²) in [6.45, 7) is 1.62. The van der Waals surface area contributed by atoms with E-state index in [2.05, 4.69) is 10.9 Å². The summed E-state index contributed by atoms with van der Waals surface area (Å²) in [6.07, 6.45) is -0.654. The van der Waals surface area contributed by atoms with Crippen LogP contribution < -0.4 is 15.6 Å². The second kappa shape index (κ2) is 8.56. The van der Waals surface area contributed by atoms with Crippen LogP contribution in [0.1, 0.15) is 12.5 Å². The van der Waals surface area contributed by atoms with Crippen LogP contribution in [0.3, 0.4) is 0 Å². The van der Waals surface area contributed by atoms with Gasteiger partial charge in [-0.1, -0.05) is 54.1 Å². The second-order valence-electron chi connectivity index (χ2n) is 6.11. The summed E-state index contributed by atoms with van der Waals surface area (Å²) >= 11 is 5.89. The lowest BCUT2D eigenvalue weighted by atomic mass is 10.1. The van der Waals surface area contributed by atoms with Crippen LogP contribution in [-0.4, -0.2) is 17.9 Å². The number of amides is 2. The maximum absolute atomic E-state index is 12.2. The van der Waals surface area contributed by atoms with Gasteiger partial charge in [0.1, 0.15) is 5.75 Å². The van der Waals surface area contributed by atoms with Crippen molar-refractivity contribution < 1.29 is 14.3 Å². The first-order valence-corrected chi connectivity index (χ1v) is 8.87. The van der Waals surface area contributed by atoms with E-state index < -0.39 is 12.0 Å². The fraction of sp³-hybridized carbons (Fsp3) is 0.143. The Labute approximate surface area is 162 Å². The lowest BCUT2D eigenvalue weighted by Gasteiger charge is -2.15. The minimum Gasteiger partial charge on any atom is -0.481 e. The van der Waals surface area contributed by atoms with Gasteiger partial charge in [0.25, 0.3) is 5.91 Å². The quantitative estimate of drug-likeness (QED) is 0.662. The molecular formula is C21H19ClN2O3. The molecule has 3 rings (SSSR count). The Bertz CT molecular complexity index is 974. The predicted molar refractivity (Wildman–Crippen MR) is 105 cm³/mol. The largest absolute Gasteiger partial charge is 0.481 e. The SMILES string of the molecule is CC(Oc1ccc2ccccc2c1)C(=O)NNC(=O)Cc1cccc(Cl)c1. The van der Waals surface area contributed by atoms with Crippen LogP contribution in [0, 0.1) is 0 Å². The van der Waals surface area contributed by atoms with Crippen LogP contribution in [0.2, 0.25) is 5.02 Å². The van der Waals surface area contributed by atoms with Gasteiger partial charge in [0.05, 0.1) is 6.42 Å². The summed E-state index contributed by atoms with van der Waals surface area (Å²) in [5, 5.41) is 2.68. The number of carbonyl (C=O) groups is 2. The van der Waals surface area contributed by atoms with Crippen molar-refractivity contribution in [2.75, 3.05) is 0 Å². The Balaban J connectivity index is 1.51. The molecule has 0 saturated carbocycles. The van der Waals surface area contributed by atoms with Crippen LogP contribution in [0.15, 0.2) is 66.7 Å². The highest BCUT2D eigenvalue weighted by atomic mass is 35.5. The van der Waals surface area contributed by atoms with Crippen LogP contribution in [0.5, 0.6) is 5.75 Å². The topological polar surface area (TPSA) is 67.4 Å². The molecular weight excluding hydrogens is 364 g/mol. The van der Waals surface area contributed by atoms with Crippen molar-refractivity contribution in [3.05, 3.63) is 77.3 Å². The van der Waals surface area contributed by atoms with Gasteiger partial charge >= 0.3 is 0 Å². The van der Waals surface area contributed by atoms with Gasteiger partial charge in [0.15, 0.2) is 6.10 Å². The number of ether oxygens (including phenoxy) is 1. The van der Waals surface area contributed by atoms with Gasteiger partial charge in [-0.3, -0.25) is 20.4 Å². The van der Waals surface area contributed by atoms with E-state index >= 15 is 0 Å². The molecule has 0 aliphatic carbocycles. The second-order valence-corrected chi connectivity index (χ2v) is 6.55. The Morgan fingerprint density at radius 1 is 0.963 bits per heavy atom. The van der Waals surface area contributed by atoms with Crippen molar-refractivity contribution in [2.24, 2.45) is 0 Å². The first-order valence-electron chi connectivity index (χ1n) is 8.50. The van der Waals surface area contributed by atoms with E-state index in [1.54, 1.807) is 31.2 Å². The molecule has 0 heterocycles. The molecule has 3 aromatic carbocycles. The minimum absolute atomic E-state index is 0.112. The third-order valence-electron chi connectivity index (χ3n) is 3.98. The van der Waals surface area contributed by atoms with Gasteiger partial charge < -0.3 is 4.74 Å². The molecule has 6 heteroatoms. The molecule has 2 amide bonds. The number of rotatable bonds is 5. The Morgan fingerprint density at radius 2 is 1.74 bits per heavy atom. The van der Waals surface area contributed by atoms with Gasteiger partial charge in [-0.25, -0.2) is 0 Å². The number of benzene rings is 3. The van der Waals surface area contributed by atoms with E-state index in [4.69, 9.17) is 16.3 Å². The number of nitrogens with one attached hydrogen (secondary N) is 2. The maximum Gasteiger partial charge on any atom is 0.279 e. The number of hydrogen-bond donors (Lipinski definition) is 2. The van der Waals surface area contributed by atoms with E-state index in [1.165, 1.54) is 0 Å². The summed E-state index contributed by atoms with van der Waals surface area (Å²) in [7, 11) is 0. The number of hydrazine groups is 1. The van der Waals surface area contributed by atoms with Crippen LogP contribution in [0.4, 0.5) is 0 Å². The standard InChI is InChI=1S/C21H19ClN2O3/c1-14(27-19-10-9-16-6-2-3-7-17(16)13-19)21(26)24-23-20(25)12-15-5-4-8-18(22)11-15/h2-11,13-14H,12H2,1H3,(H,23,25)(H,24,26). The average Bonchev–Trinajstić information content (AvgIpc) is 2.66. The Morgan fingerprint density at radius 3 is 2.52 bits per heavy atom.